The van der Waals surface area contributed by atoms with E-state index in [1.807, 2.05) is 6.92 Å². The van der Waals surface area contributed by atoms with Crippen molar-refractivity contribution in [3.63, 3.8) is 0 Å². The van der Waals surface area contributed by atoms with Crippen LogP contribution in [0.15, 0.2) is 11.6 Å². The zero-order chi connectivity index (χ0) is 42.0. The summed E-state index contributed by atoms with van der Waals surface area (Å²) in [6, 6.07) is 0. The van der Waals surface area contributed by atoms with Gasteiger partial charge in [0.15, 0.2) is 24.8 Å². The molecular formula is C42H64O15. The number of allylic oxidation sites excluding steroid dienone is 2. The van der Waals surface area contributed by atoms with E-state index < -0.39 is 90.8 Å². The quantitative estimate of drug-likeness (QED) is 0.136. The molecule has 15 nitrogen and oxygen atoms in total. The third-order valence-electron chi connectivity index (χ3n) is 17.2. The third kappa shape index (κ3) is 6.52. The molecule has 57 heavy (non-hydrogen) atoms. The zero-order valence-corrected chi connectivity index (χ0v) is 34.2. The number of hydrogen-bond acceptors (Lipinski definition) is 12. The molecule has 7 rings (SSSR count). The van der Waals surface area contributed by atoms with Gasteiger partial charge in [-0.2, -0.15) is 0 Å². The Labute approximate surface area is 333 Å². The van der Waals surface area contributed by atoms with Crippen LogP contribution < -0.4 is 0 Å². The topological polar surface area (TPSA) is 250 Å². The van der Waals surface area contributed by atoms with Crippen molar-refractivity contribution in [1.29, 1.82) is 0 Å². The van der Waals surface area contributed by atoms with Crippen molar-refractivity contribution in [3.05, 3.63) is 11.6 Å². The van der Waals surface area contributed by atoms with Crippen LogP contribution in [0, 0.1) is 50.2 Å². The van der Waals surface area contributed by atoms with E-state index in [0.717, 1.165) is 38.5 Å². The van der Waals surface area contributed by atoms with Crippen molar-refractivity contribution < 1.29 is 74.2 Å². The number of aliphatic carboxylic acids is 3. The first kappa shape index (κ1) is 42.9. The van der Waals surface area contributed by atoms with Crippen LogP contribution in [0.4, 0.5) is 0 Å². The molecule has 0 aromatic rings. The molecule has 19 atom stereocenters. The van der Waals surface area contributed by atoms with Crippen LogP contribution in [0.25, 0.3) is 0 Å². The van der Waals surface area contributed by atoms with Gasteiger partial charge in [-0.05, 0) is 116 Å². The predicted molar refractivity (Wildman–Crippen MR) is 199 cm³/mol. The summed E-state index contributed by atoms with van der Waals surface area (Å²) >= 11 is 0. The highest BCUT2D eigenvalue weighted by Gasteiger charge is 2.68. The van der Waals surface area contributed by atoms with Gasteiger partial charge in [0, 0.05) is 0 Å². The summed E-state index contributed by atoms with van der Waals surface area (Å²) in [7, 11) is 0. The lowest BCUT2D eigenvalue weighted by atomic mass is 9.33. The molecule has 4 unspecified atom stereocenters. The van der Waals surface area contributed by atoms with E-state index in [1.165, 1.54) is 5.57 Å². The van der Waals surface area contributed by atoms with Gasteiger partial charge in [-0.25, -0.2) is 9.59 Å². The Morgan fingerprint density at radius 3 is 1.88 bits per heavy atom. The van der Waals surface area contributed by atoms with Crippen molar-refractivity contribution in [1.82, 2.24) is 0 Å². The van der Waals surface area contributed by atoms with Crippen molar-refractivity contribution in [2.75, 3.05) is 0 Å². The summed E-state index contributed by atoms with van der Waals surface area (Å²) in [6.07, 6.45) is -9.13. The predicted octanol–water partition coefficient (Wildman–Crippen LogP) is 3.07. The molecule has 322 valence electrons. The first-order chi connectivity index (χ1) is 26.3. The molecule has 8 N–H and O–H groups in total. The maximum absolute atomic E-state index is 12.5. The maximum atomic E-state index is 12.5. The highest BCUT2D eigenvalue weighted by Crippen LogP contribution is 2.76. The Bertz CT molecular complexity index is 1650. The van der Waals surface area contributed by atoms with E-state index in [-0.39, 0.29) is 38.9 Å². The Morgan fingerprint density at radius 2 is 1.26 bits per heavy atom. The summed E-state index contributed by atoms with van der Waals surface area (Å²) in [4.78, 5) is 36.6. The summed E-state index contributed by atoms with van der Waals surface area (Å²) in [6.45, 7) is 15.8. The Morgan fingerprint density at radius 1 is 0.667 bits per heavy atom. The number of aliphatic hydroxyl groups is 5. The van der Waals surface area contributed by atoms with Gasteiger partial charge in [0.05, 0.1) is 11.5 Å². The highest BCUT2D eigenvalue weighted by molar-refractivity contribution is 5.75. The molecule has 15 heteroatoms. The van der Waals surface area contributed by atoms with Gasteiger partial charge >= 0.3 is 17.9 Å². The number of hydrogen-bond donors (Lipinski definition) is 8. The van der Waals surface area contributed by atoms with Crippen LogP contribution in [0.2, 0.25) is 0 Å². The number of rotatable bonds is 7. The molecule has 0 amide bonds. The fraction of sp³-hybridized carbons (Fsp3) is 0.881. The molecule has 0 spiro atoms. The smallest absolute Gasteiger partial charge is 0.335 e. The molecule has 0 bridgehead atoms. The minimum Gasteiger partial charge on any atom is -0.481 e. The number of fused-ring (bicyclic) bond motifs is 7. The molecule has 2 heterocycles. The van der Waals surface area contributed by atoms with Gasteiger partial charge in [-0.3, -0.25) is 4.79 Å². The molecule has 4 saturated carbocycles. The first-order valence-electron chi connectivity index (χ1n) is 20.8. The van der Waals surface area contributed by atoms with Gasteiger partial charge in [-0.15, -0.1) is 0 Å². The summed E-state index contributed by atoms with van der Waals surface area (Å²) < 4.78 is 23.6. The fourth-order valence-electron chi connectivity index (χ4n) is 13.7. The van der Waals surface area contributed by atoms with Crippen molar-refractivity contribution in [2.45, 2.75) is 180 Å². The van der Waals surface area contributed by atoms with E-state index in [2.05, 4.69) is 47.6 Å². The molecule has 0 radical (unpaired) electrons. The number of carboxylic acids is 3. The average molecular weight is 809 g/mol. The lowest BCUT2D eigenvalue weighted by Gasteiger charge is -2.71. The van der Waals surface area contributed by atoms with Gasteiger partial charge in [-0.1, -0.05) is 53.2 Å². The van der Waals surface area contributed by atoms with E-state index in [1.54, 1.807) is 0 Å². The lowest BCUT2D eigenvalue weighted by Crippen LogP contribution is -2.66. The molecule has 2 saturated heterocycles. The van der Waals surface area contributed by atoms with Crippen LogP contribution in [0.3, 0.4) is 0 Å². The molecular weight excluding hydrogens is 744 g/mol. The van der Waals surface area contributed by atoms with Crippen molar-refractivity contribution in [3.8, 4) is 0 Å². The van der Waals surface area contributed by atoms with Crippen molar-refractivity contribution >= 4 is 17.9 Å². The van der Waals surface area contributed by atoms with Gasteiger partial charge < -0.3 is 59.8 Å². The summed E-state index contributed by atoms with van der Waals surface area (Å²) in [5.41, 5.74) is -0.142. The first-order valence-corrected chi connectivity index (χ1v) is 20.8. The third-order valence-corrected chi connectivity index (χ3v) is 17.2. The number of carboxylic acid groups (broad SMARTS) is 3. The SMILES string of the molecule is CC1(C)C[C@@H](O[C@@H]2O[C@H](C(=O)O)[C@@H](O)[C@@H](O)[C@H]2O[C@@H]2O[C@H](C(=O)O)[C@@H](O)[C@@H](O)[C@H]2O)C[C@@]2(C)C1CC[C@]1(C)C2CC=C2C3C[C@@](C)(C(=O)O)CC[C@]3(C)CCC21C. The normalized spacial score (nSPS) is 53.2. The van der Waals surface area contributed by atoms with E-state index in [0.29, 0.717) is 31.6 Å². The van der Waals surface area contributed by atoms with Gasteiger partial charge in [0.25, 0.3) is 0 Å². The average Bonchev–Trinajstić information content (AvgIpc) is 3.11. The number of ether oxygens (including phenoxy) is 4. The number of carbonyl (C=O) groups is 3. The second-order valence-electron chi connectivity index (χ2n) is 20.8. The van der Waals surface area contributed by atoms with Crippen LogP contribution in [-0.2, 0) is 33.3 Å². The van der Waals surface area contributed by atoms with Crippen LogP contribution >= 0.6 is 0 Å². The Hall–Kier alpha value is -2.21. The van der Waals surface area contributed by atoms with Gasteiger partial charge in [0.2, 0.25) is 0 Å². The van der Waals surface area contributed by atoms with Crippen molar-refractivity contribution in [2.24, 2.45) is 50.2 Å². The molecule has 0 aromatic carbocycles. The van der Waals surface area contributed by atoms with Crippen LogP contribution in [0.5, 0.6) is 0 Å². The second kappa shape index (κ2) is 14.2. The second-order valence-corrected chi connectivity index (χ2v) is 20.8. The standard InChI is InChI=1S/C42H64O15/c1-37(2)16-19(54-35-31(27(46)26(45)30(56-35)33(50)51)57-34-28(47)24(43)25(44)29(55-34)32(48)49)17-40(5)22(37)10-11-42(7)23(40)9-8-20-21-18-39(4,36(52)53)13-12-38(21,3)14-15-41(20,42)6/h8,19,21-31,34-35,43-47H,9-18H2,1-7H3,(H,48,49)(H,50,51)(H,52,53)/t19-,21?,22?,23?,24-,25+,26+,27-,28-,29+,30+,31-,34+,35-,38-,39+,40+,41?,42-/m1/s1. The minimum atomic E-state index is -2.01. The van der Waals surface area contributed by atoms with E-state index in [4.69, 9.17) is 18.9 Å². The van der Waals surface area contributed by atoms with Gasteiger partial charge in [0.1, 0.15) is 36.6 Å². The molecule has 6 fully saturated rings. The van der Waals surface area contributed by atoms with E-state index >= 15 is 0 Å². The molecule has 2 aliphatic heterocycles. The molecule has 0 aromatic heterocycles. The monoisotopic (exact) mass is 808 g/mol. The Balaban J connectivity index is 1.19. The van der Waals surface area contributed by atoms with E-state index in [9.17, 15) is 55.2 Å². The summed E-state index contributed by atoms with van der Waals surface area (Å²) in [5.74, 6) is -3.24. The molecule has 5 aliphatic carbocycles. The highest BCUT2D eigenvalue weighted by atomic mass is 16.8. The largest absolute Gasteiger partial charge is 0.481 e. The molecule has 7 aliphatic rings. The van der Waals surface area contributed by atoms with Crippen LogP contribution in [0.1, 0.15) is 113 Å². The maximum Gasteiger partial charge on any atom is 0.335 e. The minimum absolute atomic E-state index is 0.0477. The number of aliphatic hydroxyl groups excluding tert-OH is 5. The lowest BCUT2D eigenvalue weighted by molar-refractivity contribution is -0.368. The summed E-state index contributed by atoms with van der Waals surface area (Å²) in [5, 5.41) is 83.3. The zero-order valence-electron chi connectivity index (χ0n) is 34.2. The van der Waals surface area contributed by atoms with Crippen LogP contribution in [-0.4, -0.2) is 126 Å². The fourth-order valence-corrected chi connectivity index (χ4v) is 13.7. The Kier molecular flexibility index (Phi) is 10.7.